The predicted octanol–water partition coefficient (Wildman–Crippen LogP) is 3.38. The van der Waals surface area contributed by atoms with Crippen molar-refractivity contribution in [2.24, 2.45) is 0 Å². The number of carbonyl (C=O) groups excluding carboxylic acids is 2. The lowest BCUT2D eigenvalue weighted by Gasteiger charge is -2.17. The van der Waals surface area contributed by atoms with Gasteiger partial charge in [0.05, 0.1) is 16.6 Å². The smallest absolute Gasteiger partial charge is 0.335 e. The van der Waals surface area contributed by atoms with Gasteiger partial charge in [-0.15, -0.1) is 0 Å². The van der Waals surface area contributed by atoms with Gasteiger partial charge in [-0.1, -0.05) is 25.0 Å². The Morgan fingerprint density at radius 3 is 2.50 bits per heavy atom. The van der Waals surface area contributed by atoms with Gasteiger partial charge < -0.3 is 20.3 Å². The summed E-state index contributed by atoms with van der Waals surface area (Å²) in [6, 6.07) is 12.6. The summed E-state index contributed by atoms with van der Waals surface area (Å²) in [5.74, 6) is -0.615. The zero-order valence-electron chi connectivity index (χ0n) is 17.9. The molecule has 4 rings (SSSR count). The summed E-state index contributed by atoms with van der Waals surface area (Å²) in [4.78, 5) is 39.8. The topological polar surface area (TPSA) is 113 Å². The number of benzene rings is 2. The Morgan fingerprint density at radius 1 is 1.03 bits per heavy atom. The van der Waals surface area contributed by atoms with E-state index in [4.69, 9.17) is 4.98 Å². The minimum absolute atomic E-state index is 0.141. The fourth-order valence-corrected chi connectivity index (χ4v) is 4.28. The highest BCUT2D eigenvalue weighted by atomic mass is 16.4. The maximum Gasteiger partial charge on any atom is 0.335 e. The van der Waals surface area contributed by atoms with Crippen molar-refractivity contribution in [3.05, 3.63) is 53.6 Å². The van der Waals surface area contributed by atoms with E-state index in [2.05, 4.69) is 15.2 Å². The van der Waals surface area contributed by atoms with Crippen molar-refractivity contribution in [3.63, 3.8) is 0 Å². The first-order valence-corrected chi connectivity index (χ1v) is 10.8. The Kier molecular flexibility index (Phi) is 6.20. The molecule has 0 spiro atoms. The molecule has 32 heavy (non-hydrogen) atoms. The highest BCUT2D eigenvalue weighted by Crippen LogP contribution is 2.37. The molecule has 3 N–H and O–H groups in total. The van der Waals surface area contributed by atoms with Crippen molar-refractivity contribution in [3.8, 4) is 11.4 Å². The van der Waals surface area contributed by atoms with Crippen LogP contribution in [0.5, 0.6) is 0 Å². The molecule has 3 aromatic rings. The van der Waals surface area contributed by atoms with Crippen molar-refractivity contribution >= 4 is 28.8 Å². The predicted molar refractivity (Wildman–Crippen MR) is 121 cm³/mol. The van der Waals surface area contributed by atoms with Crippen molar-refractivity contribution in [1.29, 1.82) is 0 Å². The average molecular weight is 434 g/mol. The molecule has 1 aliphatic rings. The number of amides is 2. The van der Waals surface area contributed by atoms with Crippen LogP contribution in [0.2, 0.25) is 0 Å². The maximum absolute atomic E-state index is 12.6. The molecule has 166 valence electrons. The lowest BCUT2D eigenvalue weighted by Crippen LogP contribution is -2.33. The highest BCUT2D eigenvalue weighted by molar-refractivity contribution is 5.96. The number of nitrogens with zero attached hydrogens (tertiary/aromatic N) is 2. The van der Waals surface area contributed by atoms with E-state index >= 15 is 0 Å². The van der Waals surface area contributed by atoms with Gasteiger partial charge in [-0.3, -0.25) is 9.59 Å². The molecule has 0 unspecified atom stereocenters. The first-order chi connectivity index (χ1) is 15.4. The van der Waals surface area contributed by atoms with Crippen molar-refractivity contribution in [2.75, 3.05) is 13.1 Å². The SMILES string of the molecule is CC(=O)NCCNC(=O)c1cccc(-c2nc3cc(C(=O)O)ccc3n2C2CCCC2)c1. The number of fused-ring (bicyclic) bond motifs is 1. The van der Waals surface area contributed by atoms with Crippen molar-refractivity contribution < 1.29 is 19.5 Å². The summed E-state index contributed by atoms with van der Waals surface area (Å²) < 4.78 is 2.20. The van der Waals surface area contributed by atoms with E-state index in [9.17, 15) is 19.5 Å². The molecule has 1 heterocycles. The van der Waals surface area contributed by atoms with Crippen molar-refractivity contribution in [1.82, 2.24) is 20.2 Å². The lowest BCUT2D eigenvalue weighted by molar-refractivity contribution is -0.118. The second kappa shape index (κ2) is 9.21. The van der Waals surface area contributed by atoms with Crippen LogP contribution in [0.3, 0.4) is 0 Å². The van der Waals surface area contributed by atoms with Gasteiger partial charge in [-0.05, 0) is 43.2 Å². The zero-order chi connectivity index (χ0) is 22.7. The summed E-state index contributed by atoms with van der Waals surface area (Å²) in [7, 11) is 0. The molecule has 1 fully saturated rings. The summed E-state index contributed by atoms with van der Waals surface area (Å²) >= 11 is 0. The van der Waals surface area contributed by atoms with Crippen LogP contribution >= 0.6 is 0 Å². The van der Waals surface area contributed by atoms with E-state index in [1.165, 1.54) is 6.92 Å². The number of aromatic nitrogens is 2. The number of carbonyl (C=O) groups is 3. The second-order valence-corrected chi connectivity index (χ2v) is 8.07. The molecular weight excluding hydrogens is 408 g/mol. The Morgan fingerprint density at radius 2 is 1.78 bits per heavy atom. The Labute approximate surface area is 185 Å². The van der Waals surface area contributed by atoms with Crippen LogP contribution in [-0.4, -0.2) is 45.5 Å². The van der Waals surface area contributed by atoms with Crippen LogP contribution in [0.25, 0.3) is 22.4 Å². The maximum atomic E-state index is 12.6. The Bertz CT molecular complexity index is 1180. The molecule has 2 aromatic carbocycles. The van der Waals surface area contributed by atoms with E-state index in [0.29, 0.717) is 30.2 Å². The van der Waals surface area contributed by atoms with Gasteiger partial charge in [-0.2, -0.15) is 0 Å². The Hall–Kier alpha value is -3.68. The van der Waals surface area contributed by atoms with Gasteiger partial charge in [0.2, 0.25) is 5.91 Å². The number of aromatic carboxylic acids is 1. The van der Waals surface area contributed by atoms with E-state index in [1.807, 2.05) is 18.2 Å². The van der Waals surface area contributed by atoms with Crippen LogP contribution < -0.4 is 10.6 Å². The molecule has 0 bridgehead atoms. The van der Waals surface area contributed by atoms with Crippen LogP contribution in [-0.2, 0) is 4.79 Å². The lowest BCUT2D eigenvalue weighted by atomic mass is 10.1. The number of imidazole rings is 1. The van der Waals surface area contributed by atoms with Crippen LogP contribution in [0.1, 0.15) is 59.4 Å². The molecule has 0 aliphatic heterocycles. The molecule has 2 amide bonds. The van der Waals surface area contributed by atoms with Crippen LogP contribution in [0, 0.1) is 0 Å². The minimum Gasteiger partial charge on any atom is -0.478 e. The number of carboxylic acids is 1. The summed E-state index contributed by atoms with van der Waals surface area (Å²) in [5.41, 5.74) is 3.05. The summed E-state index contributed by atoms with van der Waals surface area (Å²) in [5, 5.41) is 14.8. The third-order valence-corrected chi connectivity index (χ3v) is 5.79. The monoisotopic (exact) mass is 434 g/mol. The largest absolute Gasteiger partial charge is 0.478 e. The van der Waals surface area contributed by atoms with Gasteiger partial charge >= 0.3 is 5.97 Å². The first-order valence-electron chi connectivity index (χ1n) is 10.8. The average Bonchev–Trinajstić information content (AvgIpc) is 3.43. The third kappa shape index (κ3) is 4.49. The van der Waals surface area contributed by atoms with E-state index in [1.54, 1.807) is 24.3 Å². The summed E-state index contributed by atoms with van der Waals surface area (Å²) in [6.45, 7) is 2.13. The number of carboxylic acid groups (broad SMARTS) is 1. The van der Waals surface area contributed by atoms with E-state index in [-0.39, 0.29) is 17.4 Å². The molecule has 1 aromatic heterocycles. The number of hydrogen-bond donors (Lipinski definition) is 3. The molecule has 1 saturated carbocycles. The van der Waals surface area contributed by atoms with Gasteiger partial charge in [0.25, 0.3) is 5.91 Å². The van der Waals surface area contributed by atoms with Crippen molar-refractivity contribution in [2.45, 2.75) is 38.6 Å². The van der Waals surface area contributed by atoms with Gasteiger partial charge in [0, 0.05) is 37.2 Å². The quantitative estimate of drug-likeness (QED) is 0.494. The second-order valence-electron chi connectivity index (χ2n) is 8.07. The number of nitrogens with one attached hydrogen (secondary N) is 2. The molecule has 0 saturated heterocycles. The van der Waals surface area contributed by atoms with Gasteiger partial charge in [0.15, 0.2) is 0 Å². The van der Waals surface area contributed by atoms with Crippen LogP contribution in [0.4, 0.5) is 0 Å². The number of hydrogen-bond acceptors (Lipinski definition) is 4. The summed E-state index contributed by atoms with van der Waals surface area (Å²) in [6.07, 6.45) is 4.38. The zero-order valence-corrected chi connectivity index (χ0v) is 17.9. The number of rotatable bonds is 7. The fraction of sp³-hybridized carbons (Fsp3) is 0.333. The first kappa shape index (κ1) is 21.5. The van der Waals surface area contributed by atoms with Crippen LogP contribution in [0.15, 0.2) is 42.5 Å². The van der Waals surface area contributed by atoms with Gasteiger partial charge in [0.1, 0.15) is 5.82 Å². The normalized spacial score (nSPS) is 13.9. The molecule has 0 radical (unpaired) electrons. The molecule has 8 nitrogen and oxygen atoms in total. The Balaban J connectivity index is 1.68. The molecular formula is C24H26N4O4. The van der Waals surface area contributed by atoms with Gasteiger partial charge in [-0.25, -0.2) is 9.78 Å². The third-order valence-electron chi connectivity index (χ3n) is 5.79. The molecule has 0 atom stereocenters. The van der Waals surface area contributed by atoms with E-state index < -0.39 is 5.97 Å². The standard InChI is InChI=1S/C24H26N4O4/c1-15(29)25-11-12-26-23(30)17-6-4-5-16(13-17)22-27-20-14-18(24(31)32)9-10-21(20)28(22)19-7-2-3-8-19/h4-6,9-10,13-14,19H,2-3,7-8,11-12H2,1H3,(H,25,29)(H,26,30)(H,31,32). The fourth-order valence-electron chi connectivity index (χ4n) is 4.28. The molecule has 8 heteroatoms. The highest BCUT2D eigenvalue weighted by Gasteiger charge is 2.24. The molecule has 1 aliphatic carbocycles. The van der Waals surface area contributed by atoms with E-state index in [0.717, 1.165) is 42.6 Å². The minimum atomic E-state index is -0.984.